The third-order valence-corrected chi connectivity index (χ3v) is 4.07. The lowest BCUT2D eigenvalue weighted by atomic mass is 9.97. The van der Waals surface area contributed by atoms with Gasteiger partial charge in [-0.15, -0.1) is 0 Å². The molecule has 130 valence electrons. The normalized spacial score (nSPS) is 15.0. The van der Waals surface area contributed by atoms with Crippen molar-refractivity contribution in [1.82, 2.24) is 10.2 Å². The summed E-state index contributed by atoms with van der Waals surface area (Å²) < 4.78 is 5.28. The van der Waals surface area contributed by atoms with Crippen LogP contribution in [0, 0.1) is 5.92 Å². The Morgan fingerprint density at radius 2 is 1.83 bits per heavy atom. The molecule has 2 amide bonds. The van der Waals surface area contributed by atoms with Gasteiger partial charge in [-0.3, -0.25) is 14.4 Å². The average molecular weight is 355 g/mol. The van der Waals surface area contributed by atoms with Crippen LogP contribution in [0.1, 0.15) is 12.8 Å². The van der Waals surface area contributed by atoms with Gasteiger partial charge in [0.15, 0.2) is 6.61 Å². The number of carboxylic acids is 1. The van der Waals surface area contributed by atoms with E-state index in [1.165, 1.54) is 0 Å². The van der Waals surface area contributed by atoms with Crippen molar-refractivity contribution in [3.63, 3.8) is 0 Å². The fourth-order valence-electron chi connectivity index (χ4n) is 2.39. The van der Waals surface area contributed by atoms with Crippen molar-refractivity contribution in [3.8, 4) is 5.75 Å². The molecule has 0 saturated carbocycles. The van der Waals surface area contributed by atoms with Crippen molar-refractivity contribution in [2.45, 2.75) is 12.8 Å². The lowest BCUT2D eigenvalue weighted by Gasteiger charge is -2.30. The highest BCUT2D eigenvalue weighted by Gasteiger charge is 2.26. The highest BCUT2D eigenvalue weighted by Crippen LogP contribution is 2.17. The van der Waals surface area contributed by atoms with E-state index in [0.29, 0.717) is 36.7 Å². The van der Waals surface area contributed by atoms with Gasteiger partial charge in [0, 0.05) is 18.1 Å². The predicted octanol–water partition coefficient (Wildman–Crippen LogP) is 1.16. The summed E-state index contributed by atoms with van der Waals surface area (Å²) in [5, 5.41) is 12.0. The first-order valence-corrected chi connectivity index (χ1v) is 7.99. The zero-order chi connectivity index (χ0) is 17.5. The number of benzene rings is 1. The maximum atomic E-state index is 12.0. The Morgan fingerprint density at radius 3 is 2.42 bits per heavy atom. The first-order chi connectivity index (χ1) is 11.5. The number of ether oxygens (including phenoxy) is 1. The van der Waals surface area contributed by atoms with Crippen LogP contribution >= 0.6 is 11.6 Å². The van der Waals surface area contributed by atoms with Gasteiger partial charge in [0.1, 0.15) is 5.75 Å². The largest absolute Gasteiger partial charge is 0.484 e. The number of aliphatic carboxylic acids is 1. The van der Waals surface area contributed by atoms with E-state index in [-0.39, 0.29) is 19.1 Å². The van der Waals surface area contributed by atoms with Crippen molar-refractivity contribution in [2.75, 3.05) is 26.2 Å². The number of carboxylic acid groups (broad SMARTS) is 1. The summed E-state index contributed by atoms with van der Waals surface area (Å²) in [4.78, 5) is 36.1. The van der Waals surface area contributed by atoms with Gasteiger partial charge in [0.05, 0.1) is 12.5 Å². The number of amides is 2. The van der Waals surface area contributed by atoms with Gasteiger partial charge in [-0.2, -0.15) is 0 Å². The zero-order valence-electron chi connectivity index (χ0n) is 13.0. The molecule has 24 heavy (non-hydrogen) atoms. The molecular weight excluding hydrogens is 336 g/mol. The van der Waals surface area contributed by atoms with E-state index >= 15 is 0 Å². The standard InChI is InChI=1S/C16H19ClN2O5/c17-12-1-3-13(4-2-12)24-10-14(20)18-9-15(21)19-7-5-11(6-8-19)16(22)23/h1-4,11H,5-10H2,(H,18,20)(H,22,23). The number of halogens is 1. The van der Waals surface area contributed by atoms with Crippen LogP contribution in [0.3, 0.4) is 0 Å². The Morgan fingerprint density at radius 1 is 1.21 bits per heavy atom. The molecular formula is C16H19ClN2O5. The minimum absolute atomic E-state index is 0.124. The molecule has 1 aromatic carbocycles. The molecule has 2 rings (SSSR count). The Hall–Kier alpha value is -2.28. The van der Waals surface area contributed by atoms with E-state index in [2.05, 4.69) is 5.32 Å². The monoisotopic (exact) mass is 354 g/mol. The van der Waals surface area contributed by atoms with Crippen LogP contribution in [0.5, 0.6) is 5.75 Å². The summed E-state index contributed by atoms with van der Waals surface area (Å²) in [6.45, 7) is 0.469. The topological polar surface area (TPSA) is 95.9 Å². The number of carbonyl (C=O) groups excluding carboxylic acids is 2. The quantitative estimate of drug-likeness (QED) is 0.799. The van der Waals surface area contributed by atoms with Crippen LogP contribution in [-0.2, 0) is 14.4 Å². The minimum atomic E-state index is -0.824. The highest BCUT2D eigenvalue weighted by atomic mass is 35.5. The van der Waals surface area contributed by atoms with Crippen LogP contribution in [-0.4, -0.2) is 54.0 Å². The molecule has 0 atom stereocenters. The van der Waals surface area contributed by atoms with Crippen LogP contribution < -0.4 is 10.1 Å². The molecule has 1 heterocycles. The number of likely N-dealkylation sites (tertiary alicyclic amines) is 1. The van der Waals surface area contributed by atoms with Crippen molar-refractivity contribution in [1.29, 1.82) is 0 Å². The molecule has 0 spiro atoms. The fourth-order valence-corrected chi connectivity index (χ4v) is 2.52. The van der Waals surface area contributed by atoms with Crippen molar-refractivity contribution >= 4 is 29.4 Å². The molecule has 8 heteroatoms. The van der Waals surface area contributed by atoms with Gasteiger partial charge in [-0.05, 0) is 37.1 Å². The molecule has 1 fully saturated rings. The smallest absolute Gasteiger partial charge is 0.306 e. The minimum Gasteiger partial charge on any atom is -0.484 e. The molecule has 0 unspecified atom stereocenters. The average Bonchev–Trinajstić information content (AvgIpc) is 2.59. The third-order valence-electron chi connectivity index (χ3n) is 3.82. The summed E-state index contributed by atoms with van der Waals surface area (Å²) in [7, 11) is 0. The molecule has 0 aliphatic carbocycles. The van der Waals surface area contributed by atoms with E-state index in [4.69, 9.17) is 21.4 Å². The van der Waals surface area contributed by atoms with Crippen LogP contribution in [0.15, 0.2) is 24.3 Å². The van der Waals surface area contributed by atoms with Gasteiger partial charge in [-0.1, -0.05) is 11.6 Å². The summed E-state index contributed by atoms with van der Waals surface area (Å²) in [6.07, 6.45) is 0.878. The van der Waals surface area contributed by atoms with Crippen molar-refractivity contribution in [3.05, 3.63) is 29.3 Å². The number of nitrogens with zero attached hydrogens (tertiary/aromatic N) is 1. The fraction of sp³-hybridized carbons (Fsp3) is 0.438. The second-order valence-corrected chi connectivity index (χ2v) is 5.95. The highest BCUT2D eigenvalue weighted by molar-refractivity contribution is 6.30. The molecule has 1 aromatic rings. The number of hydrogen-bond acceptors (Lipinski definition) is 4. The zero-order valence-corrected chi connectivity index (χ0v) is 13.8. The molecule has 7 nitrogen and oxygen atoms in total. The van der Waals surface area contributed by atoms with Crippen LogP contribution in [0.2, 0.25) is 5.02 Å². The van der Waals surface area contributed by atoms with Gasteiger partial charge in [0.2, 0.25) is 5.91 Å². The Bertz CT molecular complexity index is 597. The molecule has 1 saturated heterocycles. The van der Waals surface area contributed by atoms with Crippen molar-refractivity contribution < 1.29 is 24.2 Å². The molecule has 1 aliphatic rings. The lowest BCUT2D eigenvalue weighted by Crippen LogP contribution is -2.45. The number of rotatable bonds is 6. The second kappa shape index (κ2) is 8.54. The Kier molecular flexibility index (Phi) is 6.43. The van der Waals surface area contributed by atoms with E-state index in [9.17, 15) is 14.4 Å². The number of carbonyl (C=O) groups is 3. The van der Waals surface area contributed by atoms with Gasteiger partial charge >= 0.3 is 5.97 Å². The maximum absolute atomic E-state index is 12.0. The summed E-state index contributed by atoms with van der Waals surface area (Å²) >= 11 is 5.75. The number of hydrogen-bond donors (Lipinski definition) is 2. The summed E-state index contributed by atoms with van der Waals surface area (Å²) in [6, 6.07) is 6.60. The first kappa shape index (κ1) is 18.1. The number of piperidine rings is 1. The molecule has 0 aromatic heterocycles. The first-order valence-electron chi connectivity index (χ1n) is 7.61. The van der Waals surface area contributed by atoms with E-state index in [1.807, 2.05) is 0 Å². The number of nitrogens with one attached hydrogen (secondary N) is 1. The second-order valence-electron chi connectivity index (χ2n) is 5.51. The molecule has 2 N–H and O–H groups in total. The molecule has 0 radical (unpaired) electrons. The molecule has 0 bridgehead atoms. The Labute approximate surface area is 144 Å². The maximum Gasteiger partial charge on any atom is 0.306 e. The summed E-state index contributed by atoms with van der Waals surface area (Å²) in [5.41, 5.74) is 0. The van der Waals surface area contributed by atoms with Crippen LogP contribution in [0.25, 0.3) is 0 Å². The van der Waals surface area contributed by atoms with Crippen LogP contribution in [0.4, 0.5) is 0 Å². The van der Waals surface area contributed by atoms with E-state index in [0.717, 1.165) is 0 Å². The van der Waals surface area contributed by atoms with Gasteiger partial charge in [-0.25, -0.2) is 0 Å². The van der Waals surface area contributed by atoms with E-state index in [1.54, 1.807) is 29.2 Å². The third kappa shape index (κ3) is 5.42. The van der Waals surface area contributed by atoms with Gasteiger partial charge in [0.25, 0.3) is 5.91 Å². The van der Waals surface area contributed by atoms with E-state index < -0.39 is 17.8 Å². The lowest BCUT2D eigenvalue weighted by molar-refractivity contribution is -0.145. The van der Waals surface area contributed by atoms with Crippen molar-refractivity contribution in [2.24, 2.45) is 5.92 Å². The molecule has 1 aliphatic heterocycles. The Balaban J connectivity index is 1.67. The van der Waals surface area contributed by atoms with Gasteiger partial charge < -0.3 is 20.1 Å². The summed E-state index contributed by atoms with van der Waals surface area (Å²) in [5.74, 6) is -1.33. The SMILES string of the molecule is O=C(COc1ccc(Cl)cc1)NCC(=O)N1CCC(C(=O)O)CC1. The predicted molar refractivity (Wildman–Crippen MR) is 86.9 cm³/mol.